The van der Waals surface area contributed by atoms with E-state index in [9.17, 15) is 9.59 Å². The number of hydrogen-bond donors (Lipinski definition) is 2. The molecule has 1 fully saturated rings. The lowest BCUT2D eigenvalue weighted by Gasteiger charge is -2.19. The predicted octanol–water partition coefficient (Wildman–Crippen LogP) is 3.10. The summed E-state index contributed by atoms with van der Waals surface area (Å²) in [6, 6.07) is 7.22. The molecule has 1 saturated heterocycles. The molecule has 0 aromatic heterocycles. The van der Waals surface area contributed by atoms with E-state index in [0.29, 0.717) is 18.0 Å². The molecule has 2 rings (SSSR count). The first-order valence-corrected chi connectivity index (χ1v) is 8.93. The minimum absolute atomic E-state index is 0.146. The van der Waals surface area contributed by atoms with Crippen LogP contribution in [0.25, 0.3) is 0 Å². The van der Waals surface area contributed by atoms with Crippen molar-refractivity contribution in [1.29, 1.82) is 0 Å². The van der Waals surface area contributed by atoms with Gasteiger partial charge in [-0.2, -0.15) is 0 Å². The van der Waals surface area contributed by atoms with E-state index in [4.69, 9.17) is 14.2 Å². The molecule has 1 aliphatic rings. The van der Waals surface area contributed by atoms with Gasteiger partial charge in [0.15, 0.2) is 0 Å². The lowest BCUT2D eigenvalue weighted by atomic mass is 10.2. The van der Waals surface area contributed by atoms with E-state index >= 15 is 0 Å². The Morgan fingerprint density at radius 1 is 1.31 bits per heavy atom. The van der Waals surface area contributed by atoms with Gasteiger partial charge in [-0.1, -0.05) is 6.07 Å². The van der Waals surface area contributed by atoms with Gasteiger partial charge in [0, 0.05) is 31.3 Å². The molecular formula is C19H28N2O5. The third-order valence-electron chi connectivity index (χ3n) is 3.60. The number of carbonyl (C=O) groups excluding carboxylic acids is 2. The summed E-state index contributed by atoms with van der Waals surface area (Å²) in [6.45, 7) is 6.86. The summed E-state index contributed by atoms with van der Waals surface area (Å²) in [5.41, 5.74) is 0.0909. The molecule has 0 saturated carbocycles. The zero-order chi connectivity index (χ0) is 19.0. The van der Waals surface area contributed by atoms with E-state index in [1.807, 2.05) is 12.1 Å². The molecular weight excluding hydrogens is 336 g/mol. The molecule has 7 heteroatoms. The van der Waals surface area contributed by atoms with Crippen molar-refractivity contribution in [3.8, 4) is 5.75 Å². The van der Waals surface area contributed by atoms with E-state index in [2.05, 4.69) is 10.6 Å². The quantitative estimate of drug-likeness (QED) is 0.776. The summed E-state index contributed by atoms with van der Waals surface area (Å²) in [4.78, 5) is 23.5. The molecule has 7 nitrogen and oxygen atoms in total. The number of hydrogen-bond acceptors (Lipinski definition) is 5. The summed E-state index contributed by atoms with van der Waals surface area (Å²) in [7, 11) is 0. The van der Waals surface area contributed by atoms with E-state index in [0.717, 1.165) is 19.4 Å². The van der Waals surface area contributed by atoms with Crippen LogP contribution in [0.4, 0.5) is 10.5 Å². The molecule has 26 heavy (non-hydrogen) atoms. The molecule has 2 amide bonds. The van der Waals surface area contributed by atoms with Crippen LogP contribution in [0.5, 0.6) is 5.75 Å². The smallest absolute Gasteiger partial charge is 0.407 e. The number of carbonyl (C=O) groups is 2. The molecule has 1 aromatic carbocycles. The zero-order valence-corrected chi connectivity index (χ0v) is 15.7. The Kier molecular flexibility index (Phi) is 7.26. The first-order valence-electron chi connectivity index (χ1n) is 8.93. The number of alkyl carbamates (subject to hydrolysis) is 1. The average molecular weight is 364 g/mol. The first-order chi connectivity index (χ1) is 12.3. The Morgan fingerprint density at radius 2 is 2.12 bits per heavy atom. The third-order valence-corrected chi connectivity index (χ3v) is 3.60. The molecule has 0 radical (unpaired) electrons. The van der Waals surface area contributed by atoms with E-state index in [-0.39, 0.29) is 25.0 Å². The molecule has 0 aliphatic carbocycles. The van der Waals surface area contributed by atoms with Gasteiger partial charge in [-0.05, 0) is 45.7 Å². The minimum Gasteiger partial charge on any atom is -0.491 e. The maximum absolute atomic E-state index is 12.0. The van der Waals surface area contributed by atoms with Gasteiger partial charge in [0.05, 0.1) is 6.10 Å². The highest BCUT2D eigenvalue weighted by molar-refractivity contribution is 5.91. The van der Waals surface area contributed by atoms with Crippen molar-refractivity contribution < 1.29 is 23.8 Å². The van der Waals surface area contributed by atoms with E-state index in [1.165, 1.54) is 0 Å². The SMILES string of the molecule is CC(C)(C)OC(=O)NCCC(=O)Nc1cccc(OCC2CCCO2)c1. The van der Waals surface area contributed by atoms with Crippen LogP contribution >= 0.6 is 0 Å². The second-order valence-electron chi connectivity index (χ2n) is 7.20. The minimum atomic E-state index is -0.559. The third kappa shape index (κ3) is 7.74. The standard InChI is InChI=1S/C19H28N2O5/c1-19(2,3)26-18(23)20-10-9-17(22)21-14-6-4-7-15(12-14)25-13-16-8-5-11-24-16/h4,6-7,12,16H,5,8-11,13H2,1-3H3,(H,20,23)(H,21,22). The van der Waals surface area contributed by atoms with Crippen LogP contribution < -0.4 is 15.4 Å². The molecule has 0 bridgehead atoms. The fourth-order valence-electron chi connectivity index (χ4n) is 2.44. The van der Waals surface area contributed by atoms with Gasteiger partial charge < -0.3 is 24.8 Å². The van der Waals surface area contributed by atoms with Crippen molar-refractivity contribution in [2.45, 2.75) is 51.7 Å². The van der Waals surface area contributed by atoms with Crippen molar-refractivity contribution in [3.63, 3.8) is 0 Å². The largest absolute Gasteiger partial charge is 0.491 e. The maximum atomic E-state index is 12.0. The molecule has 144 valence electrons. The summed E-state index contributed by atoms with van der Waals surface area (Å²) < 4.78 is 16.4. The normalized spacial score (nSPS) is 16.8. The Hall–Kier alpha value is -2.28. The Morgan fingerprint density at radius 3 is 2.81 bits per heavy atom. The van der Waals surface area contributed by atoms with Crippen LogP contribution in [0.1, 0.15) is 40.0 Å². The fourth-order valence-corrected chi connectivity index (χ4v) is 2.44. The molecule has 1 unspecified atom stereocenters. The van der Waals surface area contributed by atoms with Crippen LogP contribution in [-0.4, -0.2) is 43.5 Å². The number of amides is 2. The first kappa shape index (κ1) is 20.0. The van der Waals surface area contributed by atoms with E-state index in [1.54, 1.807) is 32.9 Å². The topological polar surface area (TPSA) is 85.9 Å². The summed E-state index contributed by atoms with van der Waals surface area (Å²) in [6.07, 6.45) is 1.85. The van der Waals surface area contributed by atoms with Gasteiger partial charge in [-0.25, -0.2) is 4.79 Å². The van der Waals surface area contributed by atoms with Gasteiger partial charge in [-0.15, -0.1) is 0 Å². The number of rotatable bonds is 7. The molecule has 1 atom stereocenters. The van der Waals surface area contributed by atoms with Gasteiger partial charge in [0.1, 0.15) is 18.0 Å². The predicted molar refractivity (Wildman–Crippen MR) is 98.4 cm³/mol. The molecule has 1 aliphatic heterocycles. The maximum Gasteiger partial charge on any atom is 0.407 e. The van der Waals surface area contributed by atoms with Gasteiger partial charge in [0.25, 0.3) is 0 Å². The lowest BCUT2D eigenvalue weighted by molar-refractivity contribution is -0.116. The Balaban J connectivity index is 1.71. The molecule has 0 spiro atoms. The average Bonchev–Trinajstić information content (AvgIpc) is 3.05. The molecule has 1 heterocycles. The van der Waals surface area contributed by atoms with Crippen molar-refractivity contribution in [2.24, 2.45) is 0 Å². The fraction of sp³-hybridized carbons (Fsp3) is 0.579. The monoisotopic (exact) mass is 364 g/mol. The second kappa shape index (κ2) is 9.43. The molecule has 2 N–H and O–H groups in total. The zero-order valence-electron chi connectivity index (χ0n) is 15.7. The Labute approximate surface area is 154 Å². The van der Waals surface area contributed by atoms with E-state index < -0.39 is 11.7 Å². The number of nitrogens with one attached hydrogen (secondary N) is 2. The number of benzene rings is 1. The van der Waals surface area contributed by atoms with Gasteiger partial charge in [-0.3, -0.25) is 4.79 Å². The highest BCUT2D eigenvalue weighted by Crippen LogP contribution is 2.19. The van der Waals surface area contributed by atoms with Crippen molar-refractivity contribution in [2.75, 3.05) is 25.1 Å². The highest BCUT2D eigenvalue weighted by atomic mass is 16.6. The number of ether oxygens (including phenoxy) is 3. The Bertz CT molecular complexity index is 606. The van der Waals surface area contributed by atoms with Crippen LogP contribution in [0.15, 0.2) is 24.3 Å². The van der Waals surface area contributed by atoms with Crippen LogP contribution in [-0.2, 0) is 14.3 Å². The van der Waals surface area contributed by atoms with Crippen LogP contribution in [0.3, 0.4) is 0 Å². The summed E-state index contributed by atoms with van der Waals surface area (Å²) >= 11 is 0. The second-order valence-corrected chi connectivity index (χ2v) is 7.20. The van der Waals surface area contributed by atoms with Crippen LogP contribution in [0.2, 0.25) is 0 Å². The van der Waals surface area contributed by atoms with Crippen LogP contribution in [0, 0.1) is 0 Å². The van der Waals surface area contributed by atoms with Crippen molar-refractivity contribution in [1.82, 2.24) is 5.32 Å². The highest BCUT2D eigenvalue weighted by Gasteiger charge is 2.17. The summed E-state index contributed by atoms with van der Waals surface area (Å²) in [5, 5.41) is 5.35. The van der Waals surface area contributed by atoms with Crippen molar-refractivity contribution in [3.05, 3.63) is 24.3 Å². The van der Waals surface area contributed by atoms with Gasteiger partial charge >= 0.3 is 6.09 Å². The summed E-state index contributed by atoms with van der Waals surface area (Å²) in [5.74, 6) is 0.488. The molecule has 1 aromatic rings. The van der Waals surface area contributed by atoms with Crippen molar-refractivity contribution >= 4 is 17.7 Å². The van der Waals surface area contributed by atoms with Gasteiger partial charge in [0.2, 0.25) is 5.91 Å². The lowest BCUT2D eigenvalue weighted by Crippen LogP contribution is -2.34. The number of anilines is 1.